The van der Waals surface area contributed by atoms with Crippen LogP contribution in [0, 0.1) is 0 Å². The Morgan fingerprint density at radius 3 is 1.88 bits per heavy atom. The van der Waals surface area contributed by atoms with Crippen molar-refractivity contribution < 1.29 is 19.7 Å². The normalized spacial score (nSPS) is 10.2. The number of halogens is 1. The van der Waals surface area contributed by atoms with Crippen molar-refractivity contribution in [1.82, 2.24) is 9.97 Å². The third-order valence-electron chi connectivity index (χ3n) is 1.47. The van der Waals surface area contributed by atoms with Gasteiger partial charge in [0.1, 0.15) is 17.7 Å². The lowest BCUT2D eigenvalue weighted by Gasteiger charge is -2.10. The van der Waals surface area contributed by atoms with E-state index in [9.17, 15) is 0 Å². The van der Waals surface area contributed by atoms with Crippen molar-refractivity contribution in [2.24, 2.45) is 0 Å². The van der Waals surface area contributed by atoms with Gasteiger partial charge in [-0.25, -0.2) is 0 Å². The first-order valence-electron chi connectivity index (χ1n) is 4.49. The van der Waals surface area contributed by atoms with Gasteiger partial charge in [-0.15, -0.1) is 0 Å². The Balaban J connectivity index is 2.86. The first kappa shape index (κ1) is 12.9. The van der Waals surface area contributed by atoms with E-state index in [-0.39, 0.29) is 44.1 Å². The van der Waals surface area contributed by atoms with Crippen LogP contribution in [0.3, 0.4) is 0 Å². The number of nitrogen functional groups attached to an aromatic ring is 1. The van der Waals surface area contributed by atoms with E-state index >= 15 is 0 Å². The highest BCUT2D eigenvalue weighted by molar-refractivity contribution is 9.10. The van der Waals surface area contributed by atoms with Gasteiger partial charge in [-0.1, -0.05) is 0 Å². The van der Waals surface area contributed by atoms with Gasteiger partial charge in [0.25, 0.3) is 0 Å². The van der Waals surface area contributed by atoms with Crippen LogP contribution in [0.5, 0.6) is 11.8 Å². The number of aliphatic hydroxyl groups excluding tert-OH is 2. The summed E-state index contributed by atoms with van der Waals surface area (Å²) >= 11 is 3.18. The molecule has 4 N–H and O–H groups in total. The minimum Gasteiger partial charge on any atom is -0.474 e. The number of aliphatic hydroxyl groups is 2. The van der Waals surface area contributed by atoms with Gasteiger partial charge < -0.3 is 25.4 Å². The second-order valence-electron chi connectivity index (χ2n) is 2.65. The highest BCUT2D eigenvalue weighted by Crippen LogP contribution is 2.31. The summed E-state index contributed by atoms with van der Waals surface area (Å²) in [6, 6.07) is 0. The monoisotopic (exact) mass is 293 g/mol. The first-order valence-corrected chi connectivity index (χ1v) is 5.28. The minimum atomic E-state index is -0.136. The summed E-state index contributed by atoms with van der Waals surface area (Å²) in [6.07, 6.45) is 0. The first-order chi connectivity index (χ1) is 7.69. The molecule has 0 aromatic carbocycles. The fourth-order valence-electron chi connectivity index (χ4n) is 0.899. The summed E-state index contributed by atoms with van der Waals surface area (Å²) in [4.78, 5) is 7.65. The molecule has 1 rings (SSSR count). The Bertz CT molecular complexity index is 321. The SMILES string of the molecule is Nc1nc(OCCO)c(Br)c(OCCO)n1. The van der Waals surface area contributed by atoms with Crippen molar-refractivity contribution in [3.63, 3.8) is 0 Å². The zero-order valence-electron chi connectivity index (χ0n) is 8.39. The molecule has 16 heavy (non-hydrogen) atoms. The van der Waals surface area contributed by atoms with Crippen LogP contribution in [0.25, 0.3) is 0 Å². The van der Waals surface area contributed by atoms with Gasteiger partial charge >= 0.3 is 0 Å². The Kier molecular flexibility index (Phi) is 5.23. The van der Waals surface area contributed by atoms with Crippen LogP contribution in [-0.2, 0) is 0 Å². The van der Waals surface area contributed by atoms with Gasteiger partial charge in [0.05, 0.1) is 13.2 Å². The summed E-state index contributed by atoms with van der Waals surface area (Å²) < 4.78 is 10.6. The minimum absolute atomic E-state index is 0.0101. The molecule has 7 nitrogen and oxygen atoms in total. The summed E-state index contributed by atoms with van der Waals surface area (Å²) in [5, 5.41) is 17.2. The van der Waals surface area contributed by atoms with Crippen LogP contribution in [-0.4, -0.2) is 46.6 Å². The van der Waals surface area contributed by atoms with E-state index in [2.05, 4.69) is 25.9 Å². The van der Waals surface area contributed by atoms with E-state index in [1.54, 1.807) is 0 Å². The summed E-state index contributed by atoms with van der Waals surface area (Å²) in [5.74, 6) is 0.369. The summed E-state index contributed by atoms with van der Waals surface area (Å²) in [6.45, 7) is -0.0880. The maximum atomic E-state index is 8.62. The molecule has 0 fully saturated rings. The second-order valence-corrected chi connectivity index (χ2v) is 3.44. The molecule has 1 aromatic heterocycles. The molecule has 0 atom stereocenters. The number of ether oxygens (including phenoxy) is 2. The van der Waals surface area contributed by atoms with Gasteiger partial charge in [0.2, 0.25) is 17.7 Å². The van der Waals surface area contributed by atoms with E-state index < -0.39 is 0 Å². The third kappa shape index (κ3) is 3.47. The molecule has 8 heteroatoms. The lowest BCUT2D eigenvalue weighted by Crippen LogP contribution is -2.09. The third-order valence-corrected chi connectivity index (χ3v) is 2.15. The number of hydrogen-bond acceptors (Lipinski definition) is 7. The topological polar surface area (TPSA) is 111 Å². The zero-order chi connectivity index (χ0) is 12.0. The van der Waals surface area contributed by atoms with Crippen LogP contribution >= 0.6 is 15.9 Å². The van der Waals surface area contributed by atoms with Crippen LogP contribution in [0.4, 0.5) is 5.95 Å². The van der Waals surface area contributed by atoms with Gasteiger partial charge in [0.15, 0.2) is 0 Å². The molecule has 0 unspecified atom stereocenters. The average Bonchev–Trinajstić information content (AvgIpc) is 2.28. The fraction of sp³-hybridized carbons (Fsp3) is 0.500. The highest BCUT2D eigenvalue weighted by Gasteiger charge is 2.13. The quantitative estimate of drug-likeness (QED) is 0.652. The van der Waals surface area contributed by atoms with Crippen molar-refractivity contribution in [2.45, 2.75) is 0 Å². The molecular formula is C8H12BrN3O4. The lowest BCUT2D eigenvalue weighted by atomic mass is 10.6. The number of anilines is 1. The van der Waals surface area contributed by atoms with E-state index in [4.69, 9.17) is 25.4 Å². The maximum Gasteiger partial charge on any atom is 0.237 e. The van der Waals surface area contributed by atoms with Crippen LogP contribution in [0.15, 0.2) is 4.47 Å². The van der Waals surface area contributed by atoms with E-state index in [0.29, 0.717) is 4.47 Å². The summed E-state index contributed by atoms with van der Waals surface area (Å²) in [5.41, 5.74) is 5.44. The van der Waals surface area contributed by atoms with Crippen LogP contribution in [0.1, 0.15) is 0 Å². The van der Waals surface area contributed by atoms with Crippen molar-refractivity contribution in [3.8, 4) is 11.8 Å². The van der Waals surface area contributed by atoms with Crippen molar-refractivity contribution >= 4 is 21.9 Å². The number of nitrogens with zero attached hydrogens (tertiary/aromatic N) is 2. The molecule has 0 bridgehead atoms. The Labute approximate surface area is 100 Å². The van der Waals surface area contributed by atoms with Crippen molar-refractivity contribution in [3.05, 3.63) is 4.47 Å². The van der Waals surface area contributed by atoms with Gasteiger partial charge in [-0.3, -0.25) is 0 Å². The molecule has 0 aliphatic carbocycles. The zero-order valence-corrected chi connectivity index (χ0v) is 9.98. The van der Waals surface area contributed by atoms with Crippen molar-refractivity contribution in [2.75, 3.05) is 32.2 Å². The van der Waals surface area contributed by atoms with Crippen molar-refractivity contribution in [1.29, 1.82) is 0 Å². The van der Waals surface area contributed by atoms with Crippen LogP contribution < -0.4 is 15.2 Å². The predicted octanol–water partition coefficient (Wildman–Crippen LogP) is -0.437. The molecule has 0 aliphatic rings. The molecule has 0 saturated heterocycles. The fourth-order valence-corrected chi connectivity index (χ4v) is 1.30. The number of hydrogen-bond donors (Lipinski definition) is 3. The smallest absolute Gasteiger partial charge is 0.237 e. The van der Waals surface area contributed by atoms with Crippen LogP contribution in [0.2, 0.25) is 0 Å². The number of aromatic nitrogens is 2. The predicted molar refractivity (Wildman–Crippen MR) is 59.3 cm³/mol. The Morgan fingerprint density at radius 1 is 1.06 bits per heavy atom. The molecule has 0 spiro atoms. The number of nitrogens with two attached hydrogens (primary N) is 1. The Hall–Kier alpha value is -1.12. The lowest BCUT2D eigenvalue weighted by molar-refractivity contribution is 0.186. The average molecular weight is 294 g/mol. The molecule has 90 valence electrons. The van der Waals surface area contributed by atoms with Gasteiger partial charge in [0, 0.05) is 0 Å². The second kappa shape index (κ2) is 6.46. The molecule has 1 aromatic rings. The maximum absolute atomic E-state index is 8.62. The van der Waals surface area contributed by atoms with E-state index in [0.717, 1.165) is 0 Å². The number of rotatable bonds is 6. The summed E-state index contributed by atoms with van der Waals surface area (Å²) in [7, 11) is 0. The standard InChI is InChI=1S/C8H12BrN3O4/c9-5-6(15-3-1-13)11-8(10)12-7(5)16-4-2-14/h13-14H,1-4H2,(H2,10,11,12). The van der Waals surface area contributed by atoms with E-state index in [1.165, 1.54) is 0 Å². The molecule has 1 heterocycles. The molecule has 0 amide bonds. The molecule has 0 aliphatic heterocycles. The highest BCUT2D eigenvalue weighted by atomic mass is 79.9. The van der Waals surface area contributed by atoms with E-state index in [1.807, 2.05) is 0 Å². The van der Waals surface area contributed by atoms with Gasteiger partial charge in [-0.2, -0.15) is 9.97 Å². The molecule has 0 radical (unpaired) electrons. The van der Waals surface area contributed by atoms with Gasteiger partial charge in [-0.05, 0) is 15.9 Å². The Morgan fingerprint density at radius 2 is 1.50 bits per heavy atom. The molecular weight excluding hydrogens is 282 g/mol. The molecule has 0 saturated carbocycles. The largest absolute Gasteiger partial charge is 0.474 e.